The van der Waals surface area contributed by atoms with Crippen molar-refractivity contribution in [2.24, 2.45) is 4.99 Å². The average Bonchev–Trinajstić information content (AvgIpc) is 3.18. The minimum Gasteiger partial charge on any atom is -0.461 e. The highest BCUT2D eigenvalue weighted by Gasteiger charge is 2.36. The highest BCUT2D eigenvalue weighted by Crippen LogP contribution is 2.40. The number of carbonyl (C=O) groups excluding carboxylic acids is 1. The van der Waals surface area contributed by atoms with Crippen LogP contribution in [0.3, 0.4) is 0 Å². The maximum atomic E-state index is 12.5. The van der Waals surface area contributed by atoms with E-state index in [1.165, 1.54) is 11.8 Å². The van der Waals surface area contributed by atoms with Gasteiger partial charge in [0.05, 0.1) is 18.3 Å². The van der Waals surface area contributed by atoms with Gasteiger partial charge in [-0.1, -0.05) is 65.3 Å². The Morgan fingerprint density at radius 2 is 1.77 bits per heavy atom. The molecule has 0 fully saturated rings. The fourth-order valence-corrected chi connectivity index (χ4v) is 4.33. The number of benzene rings is 2. The van der Waals surface area contributed by atoms with E-state index in [0.29, 0.717) is 22.3 Å². The number of carbonyl (C=O) groups is 1. The van der Waals surface area contributed by atoms with Gasteiger partial charge in [-0.3, -0.25) is 0 Å². The van der Waals surface area contributed by atoms with Crippen molar-refractivity contribution in [3.8, 4) is 0 Å². The lowest BCUT2D eigenvalue weighted by Gasteiger charge is -2.32. The number of halogens is 2. The molecule has 4 nitrogen and oxygen atoms in total. The number of thioether (sulfide) groups is 1. The van der Waals surface area contributed by atoms with Crippen LogP contribution in [0.5, 0.6) is 0 Å². The minimum atomic E-state index is -0.359. The summed E-state index contributed by atoms with van der Waals surface area (Å²) in [5.41, 5.74) is 3.32. The topological polar surface area (TPSA) is 41.9 Å². The zero-order valence-electron chi connectivity index (χ0n) is 16.1. The van der Waals surface area contributed by atoms with Crippen molar-refractivity contribution >= 4 is 52.2 Å². The third-order valence-corrected chi connectivity index (χ3v) is 5.93. The molecule has 0 aliphatic carbocycles. The van der Waals surface area contributed by atoms with E-state index in [1.807, 2.05) is 71.7 Å². The van der Waals surface area contributed by atoms with Gasteiger partial charge in [-0.25, -0.2) is 9.79 Å². The zero-order valence-corrected chi connectivity index (χ0v) is 18.4. The number of ether oxygens (including phenoxy) is 1. The summed E-state index contributed by atoms with van der Waals surface area (Å²) >= 11 is 13.5. The Morgan fingerprint density at radius 3 is 2.43 bits per heavy atom. The molecular formula is C23H18Cl2N2O2S. The molecule has 30 heavy (non-hydrogen) atoms. The summed E-state index contributed by atoms with van der Waals surface area (Å²) in [5.74, 6) is -0.359. The highest BCUT2D eigenvalue weighted by molar-refractivity contribution is 8.16. The van der Waals surface area contributed by atoms with Crippen LogP contribution < -0.4 is 0 Å². The fourth-order valence-electron chi connectivity index (χ4n) is 3.16. The molecule has 2 aliphatic rings. The molecule has 2 aromatic carbocycles. The number of hydrogen-bond acceptors (Lipinski definition) is 5. The summed E-state index contributed by atoms with van der Waals surface area (Å²) in [5, 5.41) is 3.88. The Labute approximate surface area is 189 Å². The lowest BCUT2D eigenvalue weighted by atomic mass is 10.0. The first-order valence-corrected chi connectivity index (χ1v) is 11.0. The number of amidine groups is 1. The lowest BCUT2D eigenvalue weighted by molar-refractivity contribution is -0.139. The third-order valence-electron chi connectivity index (χ3n) is 4.59. The summed E-state index contributed by atoms with van der Waals surface area (Å²) < 4.78 is 5.24. The quantitative estimate of drug-likeness (QED) is 0.484. The molecule has 0 aromatic heterocycles. The van der Waals surface area contributed by atoms with E-state index in [4.69, 9.17) is 32.9 Å². The van der Waals surface area contributed by atoms with E-state index in [1.54, 1.807) is 12.3 Å². The van der Waals surface area contributed by atoms with Crippen LogP contribution in [-0.2, 0) is 9.53 Å². The van der Waals surface area contributed by atoms with Crippen molar-refractivity contribution < 1.29 is 9.53 Å². The summed E-state index contributed by atoms with van der Waals surface area (Å²) in [4.78, 5) is 19.1. The Morgan fingerprint density at radius 1 is 1.10 bits per heavy atom. The van der Waals surface area contributed by atoms with Crippen molar-refractivity contribution in [2.45, 2.75) is 13.0 Å². The molecule has 0 spiro atoms. The smallest absolute Gasteiger partial charge is 0.355 e. The molecule has 2 aromatic rings. The average molecular weight is 457 g/mol. The molecule has 152 valence electrons. The number of aliphatic imine (C=N–C) groups is 1. The monoisotopic (exact) mass is 456 g/mol. The molecule has 0 bridgehead atoms. The molecule has 7 heteroatoms. The van der Waals surface area contributed by atoms with Crippen LogP contribution in [0.1, 0.15) is 24.1 Å². The van der Waals surface area contributed by atoms with Crippen molar-refractivity contribution in [1.29, 1.82) is 0 Å². The largest absolute Gasteiger partial charge is 0.461 e. The molecule has 1 unspecified atom stereocenters. The van der Waals surface area contributed by atoms with Crippen LogP contribution in [0.4, 0.5) is 0 Å². The standard InChI is InChI=1S/C23H18Cl2N2O2S/c1-2-29-22(28)21-14-30-23-26-19(12-5-15-3-8-17(24)9-4-15)13-20(27(21)23)16-6-10-18(25)11-7-16/h3-14,20H,2H2,1H3/b12-5+. The molecule has 0 N–H and O–H groups in total. The maximum Gasteiger partial charge on any atom is 0.355 e. The second-order valence-corrected chi connectivity index (χ2v) is 8.29. The van der Waals surface area contributed by atoms with Gasteiger partial charge >= 0.3 is 5.97 Å². The number of allylic oxidation sites excluding steroid dienone is 1. The highest BCUT2D eigenvalue weighted by atomic mass is 35.5. The van der Waals surface area contributed by atoms with Gasteiger partial charge in [0, 0.05) is 15.5 Å². The molecule has 0 amide bonds. The third kappa shape index (κ3) is 4.48. The van der Waals surface area contributed by atoms with Crippen molar-refractivity contribution in [1.82, 2.24) is 4.90 Å². The molecule has 2 aliphatic heterocycles. The first kappa shape index (κ1) is 20.8. The fraction of sp³-hybridized carbons (Fsp3) is 0.130. The van der Waals surface area contributed by atoms with Gasteiger partial charge < -0.3 is 9.64 Å². The number of nitrogens with zero attached hydrogens (tertiary/aromatic N) is 2. The van der Waals surface area contributed by atoms with E-state index in [9.17, 15) is 4.79 Å². The zero-order chi connectivity index (χ0) is 21.1. The van der Waals surface area contributed by atoms with Crippen molar-refractivity contribution in [3.05, 3.63) is 98.7 Å². The van der Waals surface area contributed by atoms with Gasteiger partial charge in [0.1, 0.15) is 5.70 Å². The normalized spacial score (nSPS) is 18.0. The Kier molecular flexibility index (Phi) is 6.32. The predicted molar refractivity (Wildman–Crippen MR) is 124 cm³/mol. The maximum absolute atomic E-state index is 12.5. The molecule has 2 heterocycles. The predicted octanol–water partition coefficient (Wildman–Crippen LogP) is 6.45. The van der Waals surface area contributed by atoms with Crippen molar-refractivity contribution in [3.63, 3.8) is 0 Å². The van der Waals surface area contributed by atoms with Crippen LogP contribution in [0, 0.1) is 0 Å². The van der Waals surface area contributed by atoms with Gasteiger partial charge in [-0.15, -0.1) is 0 Å². The Hall–Kier alpha value is -2.47. The first-order valence-electron chi connectivity index (χ1n) is 9.38. The van der Waals surface area contributed by atoms with E-state index in [-0.39, 0.29) is 12.0 Å². The number of rotatable bonds is 5. The molecule has 0 saturated carbocycles. The summed E-state index contributed by atoms with van der Waals surface area (Å²) in [7, 11) is 0. The van der Waals surface area contributed by atoms with Gasteiger partial charge in [0.15, 0.2) is 5.17 Å². The first-order chi connectivity index (χ1) is 14.5. The summed E-state index contributed by atoms with van der Waals surface area (Å²) in [6.07, 6.45) is 5.97. The lowest BCUT2D eigenvalue weighted by Crippen LogP contribution is -2.34. The number of esters is 1. The minimum absolute atomic E-state index is 0.203. The summed E-state index contributed by atoms with van der Waals surface area (Å²) in [6, 6.07) is 15.0. The van der Waals surface area contributed by atoms with E-state index < -0.39 is 0 Å². The molecule has 0 saturated heterocycles. The second kappa shape index (κ2) is 9.13. The van der Waals surface area contributed by atoms with Gasteiger partial charge in [-0.05, 0) is 54.5 Å². The second-order valence-electron chi connectivity index (χ2n) is 6.58. The van der Waals surface area contributed by atoms with Crippen LogP contribution in [0.2, 0.25) is 10.0 Å². The van der Waals surface area contributed by atoms with E-state index in [0.717, 1.165) is 22.0 Å². The Bertz CT molecular complexity index is 1070. The number of hydrogen-bond donors (Lipinski definition) is 0. The van der Waals surface area contributed by atoms with Crippen LogP contribution in [-0.4, -0.2) is 22.6 Å². The SMILES string of the molecule is CCOC(=O)C1=CSC2=NC(/C=C/c3ccc(Cl)cc3)=CC(c3ccc(Cl)cc3)N12. The van der Waals surface area contributed by atoms with Crippen LogP contribution in [0.25, 0.3) is 6.08 Å². The molecule has 1 atom stereocenters. The van der Waals surface area contributed by atoms with E-state index >= 15 is 0 Å². The van der Waals surface area contributed by atoms with Gasteiger partial charge in [0.25, 0.3) is 0 Å². The van der Waals surface area contributed by atoms with Gasteiger partial charge in [-0.2, -0.15) is 0 Å². The van der Waals surface area contributed by atoms with Crippen molar-refractivity contribution in [2.75, 3.05) is 6.61 Å². The number of fused-ring (bicyclic) bond motifs is 1. The molecule has 0 radical (unpaired) electrons. The molecule has 4 rings (SSSR count). The summed E-state index contributed by atoms with van der Waals surface area (Å²) in [6.45, 7) is 2.11. The molecular weight excluding hydrogens is 439 g/mol. The Balaban J connectivity index is 1.68. The van der Waals surface area contributed by atoms with Crippen LogP contribution in [0.15, 0.2) is 82.5 Å². The van der Waals surface area contributed by atoms with E-state index in [2.05, 4.69) is 0 Å². The van der Waals surface area contributed by atoms with Crippen LogP contribution >= 0.6 is 35.0 Å². The van der Waals surface area contributed by atoms with Gasteiger partial charge in [0.2, 0.25) is 0 Å².